The van der Waals surface area contributed by atoms with Gasteiger partial charge in [-0.2, -0.15) is 5.26 Å². The molecule has 0 aliphatic rings. The van der Waals surface area contributed by atoms with E-state index in [1.165, 1.54) is 13.2 Å². The molecule has 0 aromatic heterocycles. The van der Waals surface area contributed by atoms with E-state index < -0.39 is 5.97 Å². The maximum Gasteiger partial charge on any atom is 0.348 e. The number of hydrogen-bond acceptors (Lipinski definition) is 5. The fourth-order valence-corrected chi connectivity index (χ4v) is 1.75. The Labute approximate surface area is 123 Å². The molecule has 0 atom stereocenters. The predicted molar refractivity (Wildman–Crippen MR) is 78.8 cm³/mol. The van der Waals surface area contributed by atoms with Crippen LogP contribution >= 0.6 is 0 Å². The number of phenolic OH excluding ortho intramolecular Hbond substituents is 1. The second kappa shape index (κ2) is 7.75. The van der Waals surface area contributed by atoms with Gasteiger partial charge in [-0.15, -0.1) is 6.58 Å². The maximum atomic E-state index is 11.6. The highest BCUT2D eigenvalue weighted by molar-refractivity contribution is 5.98. The van der Waals surface area contributed by atoms with E-state index in [4.69, 9.17) is 14.7 Å². The van der Waals surface area contributed by atoms with Crippen LogP contribution in [0.15, 0.2) is 30.4 Å². The first-order valence-electron chi connectivity index (χ1n) is 6.37. The predicted octanol–water partition coefficient (Wildman–Crippen LogP) is 2.60. The zero-order valence-electron chi connectivity index (χ0n) is 12.0. The summed E-state index contributed by atoms with van der Waals surface area (Å²) < 4.78 is 9.88. The first-order valence-corrected chi connectivity index (χ1v) is 6.37. The highest BCUT2D eigenvalue weighted by atomic mass is 16.5. The first-order chi connectivity index (χ1) is 10.1. The molecule has 1 N–H and O–H groups in total. The molecular formula is C16H17NO4. The van der Waals surface area contributed by atoms with Gasteiger partial charge in [0.2, 0.25) is 0 Å². The minimum atomic E-state index is -0.683. The van der Waals surface area contributed by atoms with Crippen LogP contribution in [0.2, 0.25) is 0 Å². The fraction of sp³-hybridized carbons (Fsp3) is 0.250. The van der Waals surface area contributed by atoms with Crippen molar-refractivity contribution >= 4 is 12.0 Å². The summed E-state index contributed by atoms with van der Waals surface area (Å²) in [7, 11) is 1.43. The molecule has 0 aliphatic heterocycles. The molecule has 5 heteroatoms. The molecule has 1 aromatic rings. The second-order valence-corrected chi connectivity index (χ2v) is 4.11. The van der Waals surface area contributed by atoms with Gasteiger partial charge in [0.25, 0.3) is 0 Å². The number of hydrogen-bond donors (Lipinski definition) is 1. The molecule has 5 nitrogen and oxygen atoms in total. The number of carbonyl (C=O) groups is 1. The van der Waals surface area contributed by atoms with Gasteiger partial charge >= 0.3 is 5.97 Å². The number of allylic oxidation sites excluding steroid dienone is 1. The number of carbonyl (C=O) groups excluding carboxylic acids is 1. The number of nitriles is 1. The van der Waals surface area contributed by atoms with Crippen LogP contribution in [0.25, 0.3) is 6.08 Å². The Hall–Kier alpha value is -2.74. The van der Waals surface area contributed by atoms with Crippen LogP contribution in [-0.4, -0.2) is 24.8 Å². The second-order valence-electron chi connectivity index (χ2n) is 4.11. The molecule has 0 amide bonds. The first kappa shape index (κ1) is 16.3. The van der Waals surface area contributed by atoms with Crippen LogP contribution in [0.1, 0.15) is 18.1 Å². The molecule has 0 saturated carbocycles. The van der Waals surface area contributed by atoms with Crippen molar-refractivity contribution in [2.45, 2.75) is 13.3 Å². The summed E-state index contributed by atoms with van der Waals surface area (Å²) in [4.78, 5) is 11.6. The van der Waals surface area contributed by atoms with Gasteiger partial charge in [0, 0.05) is 5.56 Å². The van der Waals surface area contributed by atoms with Crippen molar-refractivity contribution < 1.29 is 19.4 Å². The normalized spacial score (nSPS) is 10.6. The Morgan fingerprint density at radius 3 is 2.76 bits per heavy atom. The Kier molecular flexibility index (Phi) is 6.02. The summed E-state index contributed by atoms with van der Waals surface area (Å²) >= 11 is 0. The Balaban J connectivity index is 3.29. The van der Waals surface area contributed by atoms with Crippen LogP contribution in [-0.2, 0) is 16.0 Å². The number of ether oxygens (including phenoxy) is 2. The molecule has 0 unspecified atom stereocenters. The van der Waals surface area contributed by atoms with E-state index in [1.807, 2.05) is 0 Å². The lowest BCUT2D eigenvalue weighted by Gasteiger charge is -2.09. The summed E-state index contributed by atoms with van der Waals surface area (Å²) in [5.41, 5.74) is 1.04. The molecule has 0 heterocycles. The van der Waals surface area contributed by atoms with Crippen LogP contribution in [0.4, 0.5) is 0 Å². The number of phenols is 1. The lowest BCUT2D eigenvalue weighted by molar-refractivity contribution is -0.137. The number of aromatic hydroxyl groups is 1. The van der Waals surface area contributed by atoms with Gasteiger partial charge in [-0.05, 0) is 37.1 Å². The summed E-state index contributed by atoms with van der Waals surface area (Å²) in [6.07, 6.45) is 3.47. The lowest BCUT2D eigenvalue weighted by Crippen LogP contribution is -2.06. The molecule has 21 heavy (non-hydrogen) atoms. The number of esters is 1. The topological polar surface area (TPSA) is 79.6 Å². The molecule has 0 radical (unpaired) electrons. The average molecular weight is 287 g/mol. The van der Waals surface area contributed by atoms with Gasteiger partial charge in [-0.25, -0.2) is 4.79 Å². The van der Waals surface area contributed by atoms with Gasteiger partial charge in [-0.3, -0.25) is 0 Å². The number of rotatable bonds is 6. The third-order valence-corrected chi connectivity index (χ3v) is 2.69. The van der Waals surface area contributed by atoms with Crippen molar-refractivity contribution in [1.29, 1.82) is 5.26 Å². The Morgan fingerprint density at radius 2 is 2.24 bits per heavy atom. The van der Waals surface area contributed by atoms with E-state index >= 15 is 0 Å². The summed E-state index contributed by atoms with van der Waals surface area (Å²) in [6.45, 7) is 5.48. The Bertz CT molecular complexity index is 611. The van der Waals surface area contributed by atoms with Crippen molar-refractivity contribution in [1.82, 2.24) is 0 Å². The smallest absolute Gasteiger partial charge is 0.348 e. The third-order valence-electron chi connectivity index (χ3n) is 2.69. The van der Waals surface area contributed by atoms with Crippen molar-refractivity contribution in [3.05, 3.63) is 41.5 Å². The summed E-state index contributed by atoms with van der Waals surface area (Å²) in [5, 5.41) is 19.0. The van der Waals surface area contributed by atoms with Crippen LogP contribution in [0.5, 0.6) is 11.5 Å². The van der Waals surface area contributed by atoms with E-state index in [0.29, 0.717) is 17.5 Å². The maximum absolute atomic E-state index is 11.6. The van der Waals surface area contributed by atoms with Crippen molar-refractivity contribution in [3.8, 4) is 17.6 Å². The van der Waals surface area contributed by atoms with E-state index in [-0.39, 0.29) is 23.7 Å². The SMILES string of the molecule is C=CCc1cc(/C=C(\C#N)C(=O)OCC)cc(OC)c1O. The van der Waals surface area contributed by atoms with Crippen LogP contribution in [0.3, 0.4) is 0 Å². The average Bonchev–Trinajstić information content (AvgIpc) is 2.48. The zero-order valence-corrected chi connectivity index (χ0v) is 12.0. The van der Waals surface area contributed by atoms with Crippen LogP contribution in [0, 0.1) is 11.3 Å². The summed E-state index contributed by atoms with van der Waals surface area (Å²) in [5.74, 6) is -0.400. The standard InChI is InChI=1S/C16H17NO4/c1-4-6-12-7-11(9-14(20-3)15(12)18)8-13(10-17)16(19)21-5-2/h4,7-9,18H,1,5-6H2,2-3H3/b13-8+. The number of nitrogens with zero attached hydrogens (tertiary/aromatic N) is 1. The molecular weight excluding hydrogens is 270 g/mol. The van der Waals surface area contributed by atoms with Gasteiger partial charge in [0.05, 0.1) is 13.7 Å². The molecule has 1 rings (SSSR count). The minimum absolute atomic E-state index is 0.0178. The van der Waals surface area contributed by atoms with E-state index in [0.717, 1.165) is 0 Å². The largest absolute Gasteiger partial charge is 0.504 e. The van der Waals surface area contributed by atoms with Gasteiger partial charge in [-0.1, -0.05) is 6.08 Å². The van der Waals surface area contributed by atoms with Crippen molar-refractivity contribution in [2.24, 2.45) is 0 Å². The van der Waals surface area contributed by atoms with Crippen molar-refractivity contribution in [3.63, 3.8) is 0 Å². The van der Waals surface area contributed by atoms with Gasteiger partial charge in [0.1, 0.15) is 11.6 Å². The highest BCUT2D eigenvalue weighted by Gasteiger charge is 2.13. The number of methoxy groups -OCH3 is 1. The van der Waals surface area contributed by atoms with Crippen LogP contribution < -0.4 is 4.74 Å². The third kappa shape index (κ3) is 4.11. The van der Waals surface area contributed by atoms with E-state index in [9.17, 15) is 9.90 Å². The van der Waals surface area contributed by atoms with Crippen molar-refractivity contribution in [2.75, 3.05) is 13.7 Å². The molecule has 1 aromatic carbocycles. The summed E-state index contributed by atoms with van der Waals surface area (Å²) in [6, 6.07) is 5.00. The highest BCUT2D eigenvalue weighted by Crippen LogP contribution is 2.32. The molecule has 0 saturated heterocycles. The van der Waals surface area contributed by atoms with E-state index in [1.54, 1.807) is 31.2 Å². The quantitative estimate of drug-likeness (QED) is 0.376. The number of benzene rings is 1. The molecule has 0 bridgehead atoms. The molecule has 0 aliphatic carbocycles. The fourth-order valence-electron chi connectivity index (χ4n) is 1.75. The monoisotopic (exact) mass is 287 g/mol. The molecule has 0 spiro atoms. The van der Waals surface area contributed by atoms with Gasteiger partial charge in [0.15, 0.2) is 11.5 Å². The Morgan fingerprint density at radius 1 is 1.52 bits per heavy atom. The molecule has 110 valence electrons. The zero-order chi connectivity index (χ0) is 15.8. The molecule has 0 fully saturated rings. The van der Waals surface area contributed by atoms with Gasteiger partial charge < -0.3 is 14.6 Å². The lowest BCUT2D eigenvalue weighted by atomic mass is 10.0. The van der Waals surface area contributed by atoms with E-state index in [2.05, 4.69) is 6.58 Å². The minimum Gasteiger partial charge on any atom is -0.504 e.